The van der Waals surface area contributed by atoms with Gasteiger partial charge in [-0.05, 0) is 30.5 Å². The number of amides is 2. The lowest BCUT2D eigenvalue weighted by Crippen LogP contribution is -2.33. The Morgan fingerprint density at radius 3 is 2.68 bits per heavy atom. The molecule has 6 heteroatoms. The summed E-state index contributed by atoms with van der Waals surface area (Å²) < 4.78 is 13.5. The summed E-state index contributed by atoms with van der Waals surface area (Å²) in [5.41, 5.74) is 0.854. The summed E-state index contributed by atoms with van der Waals surface area (Å²) >= 11 is 0. The number of carbonyl (C=O) groups is 2. The van der Waals surface area contributed by atoms with Gasteiger partial charge in [-0.3, -0.25) is 4.79 Å². The average molecular weight is 268 g/mol. The van der Waals surface area contributed by atoms with Gasteiger partial charge in [0.25, 0.3) is 0 Å². The first-order chi connectivity index (χ1) is 8.88. The zero-order valence-electron chi connectivity index (χ0n) is 10.9. The molecule has 0 aromatic heterocycles. The number of urea groups is 1. The summed E-state index contributed by atoms with van der Waals surface area (Å²) in [5, 5.41) is 13.4. The highest BCUT2D eigenvalue weighted by Gasteiger charge is 2.10. The van der Waals surface area contributed by atoms with E-state index in [1.54, 1.807) is 19.9 Å². The fourth-order valence-electron chi connectivity index (χ4n) is 1.53. The van der Waals surface area contributed by atoms with Crippen LogP contribution in [0.1, 0.15) is 18.9 Å². The molecule has 0 aliphatic rings. The molecule has 1 aromatic carbocycles. The lowest BCUT2D eigenvalue weighted by Gasteiger charge is -2.12. The second kappa shape index (κ2) is 6.72. The summed E-state index contributed by atoms with van der Waals surface area (Å²) in [6, 6.07) is 3.93. The molecule has 3 N–H and O–H groups in total. The highest BCUT2D eigenvalue weighted by Crippen LogP contribution is 2.14. The van der Waals surface area contributed by atoms with Crippen LogP contribution in [0.3, 0.4) is 0 Å². The van der Waals surface area contributed by atoms with E-state index in [4.69, 9.17) is 5.11 Å². The molecular formula is C13H17FN2O3. The second-order valence-electron chi connectivity index (χ2n) is 4.52. The van der Waals surface area contributed by atoms with E-state index in [-0.39, 0.29) is 24.6 Å². The minimum Gasteiger partial charge on any atom is -0.481 e. The van der Waals surface area contributed by atoms with Gasteiger partial charge in [-0.15, -0.1) is 0 Å². The van der Waals surface area contributed by atoms with Gasteiger partial charge in [-0.25, -0.2) is 9.18 Å². The van der Waals surface area contributed by atoms with E-state index < -0.39 is 17.8 Å². The number of nitrogens with one attached hydrogen (secondary N) is 2. The topological polar surface area (TPSA) is 78.4 Å². The van der Waals surface area contributed by atoms with Gasteiger partial charge in [-0.2, -0.15) is 0 Å². The zero-order valence-corrected chi connectivity index (χ0v) is 10.9. The Hall–Kier alpha value is -2.11. The van der Waals surface area contributed by atoms with Crippen molar-refractivity contribution in [1.29, 1.82) is 0 Å². The van der Waals surface area contributed by atoms with Crippen LogP contribution in [-0.2, 0) is 4.79 Å². The molecule has 0 saturated heterocycles. The lowest BCUT2D eigenvalue weighted by molar-refractivity contribution is -0.137. The molecule has 0 aliphatic heterocycles. The van der Waals surface area contributed by atoms with Crippen molar-refractivity contribution in [3.63, 3.8) is 0 Å². The minimum atomic E-state index is -0.917. The molecule has 0 heterocycles. The molecule has 2 amide bonds. The summed E-state index contributed by atoms with van der Waals surface area (Å²) in [6.07, 6.45) is -0.0286. The Labute approximate surface area is 110 Å². The van der Waals surface area contributed by atoms with Gasteiger partial charge >= 0.3 is 12.0 Å². The van der Waals surface area contributed by atoms with Gasteiger partial charge < -0.3 is 15.7 Å². The lowest BCUT2D eigenvalue weighted by atomic mass is 10.1. The standard InChI is InChI=1S/C13H17FN2O3/c1-8-3-4-11(10(14)5-8)16-13(19)15-7-9(2)6-12(17)18/h3-5,9H,6-7H2,1-2H3,(H,17,18)(H2,15,16,19). The van der Waals surface area contributed by atoms with Gasteiger partial charge in [-0.1, -0.05) is 13.0 Å². The summed E-state index contributed by atoms with van der Waals surface area (Å²) in [6.45, 7) is 3.67. The fraction of sp³-hybridized carbons (Fsp3) is 0.385. The molecule has 0 fully saturated rings. The van der Waals surface area contributed by atoms with Crippen molar-refractivity contribution in [1.82, 2.24) is 5.32 Å². The number of carboxylic acids is 1. The van der Waals surface area contributed by atoms with Crippen LogP contribution in [0.25, 0.3) is 0 Å². The number of rotatable bonds is 5. The van der Waals surface area contributed by atoms with Crippen molar-refractivity contribution in [2.75, 3.05) is 11.9 Å². The van der Waals surface area contributed by atoms with Crippen molar-refractivity contribution < 1.29 is 19.1 Å². The number of anilines is 1. The highest BCUT2D eigenvalue weighted by atomic mass is 19.1. The molecule has 0 aliphatic carbocycles. The van der Waals surface area contributed by atoms with E-state index in [0.717, 1.165) is 5.56 Å². The number of carboxylic acid groups (broad SMARTS) is 1. The van der Waals surface area contributed by atoms with Crippen LogP contribution < -0.4 is 10.6 Å². The first kappa shape index (κ1) is 14.9. The maximum absolute atomic E-state index is 13.5. The van der Waals surface area contributed by atoms with Crippen molar-refractivity contribution in [3.05, 3.63) is 29.6 Å². The Kier molecular flexibility index (Phi) is 5.29. The van der Waals surface area contributed by atoms with Gasteiger partial charge in [0.1, 0.15) is 5.82 Å². The normalized spacial score (nSPS) is 11.7. The molecule has 1 aromatic rings. The molecule has 0 saturated carbocycles. The van der Waals surface area contributed by atoms with Crippen molar-refractivity contribution >= 4 is 17.7 Å². The number of hydrogen-bond acceptors (Lipinski definition) is 2. The third-order valence-corrected chi connectivity index (χ3v) is 2.51. The first-order valence-electron chi connectivity index (χ1n) is 5.91. The van der Waals surface area contributed by atoms with Crippen LogP contribution >= 0.6 is 0 Å². The van der Waals surface area contributed by atoms with Gasteiger partial charge in [0, 0.05) is 13.0 Å². The average Bonchev–Trinajstić information content (AvgIpc) is 2.29. The Bertz CT molecular complexity index is 477. The Morgan fingerprint density at radius 2 is 2.11 bits per heavy atom. The van der Waals surface area contributed by atoms with E-state index in [0.29, 0.717) is 0 Å². The molecule has 1 rings (SSSR count). The quantitative estimate of drug-likeness (QED) is 0.767. The number of aryl methyl sites for hydroxylation is 1. The van der Waals surface area contributed by atoms with Crippen molar-refractivity contribution in [3.8, 4) is 0 Å². The van der Waals surface area contributed by atoms with Crippen LogP contribution in [0.15, 0.2) is 18.2 Å². The van der Waals surface area contributed by atoms with Crippen LogP contribution in [0.4, 0.5) is 14.9 Å². The van der Waals surface area contributed by atoms with E-state index in [2.05, 4.69) is 10.6 Å². The largest absolute Gasteiger partial charge is 0.481 e. The minimum absolute atomic E-state index is 0.0286. The Morgan fingerprint density at radius 1 is 1.42 bits per heavy atom. The third-order valence-electron chi connectivity index (χ3n) is 2.51. The molecule has 0 spiro atoms. The number of benzene rings is 1. The van der Waals surface area contributed by atoms with Crippen LogP contribution in [0.2, 0.25) is 0 Å². The molecule has 19 heavy (non-hydrogen) atoms. The summed E-state index contributed by atoms with van der Waals surface area (Å²) in [7, 11) is 0. The number of aliphatic carboxylic acids is 1. The highest BCUT2D eigenvalue weighted by molar-refractivity contribution is 5.89. The fourth-order valence-corrected chi connectivity index (χ4v) is 1.53. The van der Waals surface area contributed by atoms with Gasteiger partial charge in [0.15, 0.2) is 0 Å². The molecule has 1 unspecified atom stereocenters. The predicted octanol–water partition coefficient (Wildman–Crippen LogP) is 2.37. The van der Waals surface area contributed by atoms with Crippen molar-refractivity contribution in [2.24, 2.45) is 5.92 Å². The Balaban J connectivity index is 2.45. The van der Waals surface area contributed by atoms with Gasteiger partial charge in [0.05, 0.1) is 5.69 Å². The number of carbonyl (C=O) groups excluding carboxylic acids is 1. The van der Waals surface area contributed by atoms with Crippen molar-refractivity contribution in [2.45, 2.75) is 20.3 Å². The monoisotopic (exact) mass is 268 g/mol. The molecule has 1 atom stereocenters. The van der Waals surface area contributed by atoms with Gasteiger partial charge in [0.2, 0.25) is 0 Å². The molecule has 5 nitrogen and oxygen atoms in total. The van der Waals surface area contributed by atoms with E-state index >= 15 is 0 Å². The van der Waals surface area contributed by atoms with Crippen LogP contribution in [-0.4, -0.2) is 23.7 Å². The second-order valence-corrected chi connectivity index (χ2v) is 4.52. The van der Waals surface area contributed by atoms with E-state index in [1.807, 2.05) is 0 Å². The van der Waals surface area contributed by atoms with E-state index in [9.17, 15) is 14.0 Å². The molecule has 104 valence electrons. The predicted molar refractivity (Wildman–Crippen MR) is 69.6 cm³/mol. The first-order valence-corrected chi connectivity index (χ1v) is 5.91. The van der Waals surface area contributed by atoms with Crippen LogP contribution in [0, 0.1) is 18.7 Å². The SMILES string of the molecule is Cc1ccc(NC(=O)NCC(C)CC(=O)O)c(F)c1. The third kappa shape index (κ3) is 5.37. The van der Waals surface area contributed by atoms with Crippen LogP contribution in [0.5, 0.6) is 0 Å². The smallest absolute Gasteiger partial charge is 0.319 e. The number of halogens is 1. The zero-order chi connectivity index (χ0) is 14.4. The molecular weight excluding hydrogens is 251 g/mol. The number of hydrogen-bond donors (Lipinski definition) is 3. The molecule has 0 radical (unpaired) electrons. The molecule has 0 bridgehead atoms. The summed E-state index contributed by atoms with van der Waals surface area (Å²) in [5.74, 6) is -1.61. The summed E-state index contributed by atoms with van der Waals surface area (Å²) in [4.78, 5) is 21.9. The van der Waals surface area contributed by atoms with E-state index in [1.165, 1.54) is 12.1 Å². The maximum Gasteiger partial charge on any atom is 0.319 e. The maximum atomic E-state index is 13.5.